The van der Waals surface area contributed by atoms with Crippen LogP contribution in [0.2, 0.25) is 0 Å². The molecule has 0 spiro atoms. The number of aryl methyl sites for hydroxylation is 2. The molecule has 0 saturated heterocycles. The van der Waals surface area contributed by atoms with Gasteiger partial charge in [-0.15, -0.1) is 0 Å². The molecule has 1 heterocycles. The number of urea groups is 1. The summed E-state index contributed by atoms with van der Waals surface area (Å²) in [5.41, 5.74) is 1.41. The molecule has 0 aliphatic heterocycles. The van der Waals surface area contributed by atoms with Gasteiger partial charge in [-0.3, -0.25) is 10.1 Å². The van der Waals surface area contributed by atoms with Gasteiger partial charge >= 0.3 is 11.7 Å². The van der Waals surface area contributed by atoms with E-state index in [1.165, 1.54) is 6.07 Å². The molecule has 0 aliphatic carbocycles. The Morgan fingerprint density at radius 1 is 1.28 bits per heavy atom. The zero-order valence-corrected chi connectivity index (χ0v) is 14.8. The van der Waals surface area contributed by atoms with Crippen LogP contribution in [0.1, 0.15) is 31.4 Å². The molecule has 0 aliphatic rings. The van der Waals surface area contributed by atoms with Crippen LogP contribution in [0.4, 0.5) is 4.79 Å². The molecule has 2 N–H and O–H groups in total. The summed E-state index contributed by atoms with van der Waals surface area (Å²) in [5, 5.41) is 5.64. The van der Waals surface area contributed by atoms with Crippen LogP contribution in [0.25, 0.3) is 11.0 Å². The summed E-state index contributed by atoms with van der Waals surface area (Å²) in [7, 11) is 0. The third-order valence-electron chi connectivity index (χ3n) is 3.92. The summed E-state index contributed by atoms with van der Waals surface area (Å²) in [6.07, 6.45) is 0.763. The Labute approximate surface area is 145 Å². The molecule has 25 heavy (non-hydrogen) atoms. The van der Waals surface area contributed by atoms with Crippen molar-refractivity contribution in [3.8, 4) is 5.75 Å². The van der Waals surface area contributed by atoms with E-state index in [1.807, 2.05) is 20.8 Å². The van der Waals surface area contributed by atoms with Gasteiger partial charge in [0, 0.05) is 23.1 Å². The third kappa shape index (κ3) is 4.59. The third-order valence-corrected chi connectivity index (χ3v) is 3.92. The number of ether oxygens (including phenoxy) is 1. The van der Waals surface area contributed by atoms with Gasteiger partial charge in [-0.05, 0) is 44.9 Å². The molecular formula is C18H22N2O5. The average Bonchev–Trinajstić information content (AvgIpc) is 2.54. The van der Waals surface area contributed by atoms with Crippen molar-refractivity contribution in [3.05, 3.63) is 39.7 Å². The van der Waals surface area contributed by atoms with Crippen molar-refractivity contribution in [2.45, 2.75) is 40.2 Å². The van der Waals surface area contributed by atoms with Gasteiger partial charge in [0.15, 0.2) is 6.61 Å². The van der Waals surface area contributed by atoms with Crippen LogP contribution in [-0.4, -0.2) is 24.6 Å². The Bertz CT molecular complexity index is 856. The topological polar surface area (TPSA) is 97.6 Å². The second-order valence-electron chi connectivity index (χ2n) is 5.93. The van der Waals surface area contributed by atoms with Crippen LogP contribution in [0.15, 0.2) is 27.4 Å². The van der Waals surface area contributed by atoms with E-state index in [9.17, 15) is 14.4 Å². The number of amides is 3. The number of fused-ring (bicyclic) bond motifs is 1. The largest absolute Gasteiger partial charge is 0.483 e. The lowest BCUT2D eigenvalue weighted by molar-refractivity contribution is -0.122. The van der Waals surface area contributed by atoms with Crippen LogP contribution >= 0.6 is 0 Å². The van der Waals surface area contributed by atoms with Crippen LogP contribution in [0.3, 0.4) is 0 Å². The minimum atomic E-state index is -0.564. The number of hydrogen-bond acceptors (Lipinski definition) is 5. The molecule has 3 amide bonds. The molecular weight excluding hydrogens is 324 g/mol. The maximum atomic E-state index is 11.8. The molecule has 0 unspecified atom stereocenters. The number of nitrogens with one attached hydrogen (secondary N) is 2. The second-order valence-corrected chi connectivity index (χ2v) is 5.93. The van der Waals surface area contributed by atoms with Gasteiger partial charge in [0.1, 0.15) is 11.3 Å². The number of carbonyl (C=O) groups is 2. The number of imide groups is 1. The predicted octanol–water partition coefficient (Wildman–Crippen LogP) is 2.41. The molecule has 0 saturated carbocycles. The minimum absolute atomic E-state index is 0.0254. The smallest absolute Gasteiger partial charge is 0.336 e. The Morgan fingerprint density at radius 3 is 2.68 bits per heavy atom. The fourth-order valence-electron chi connectivity index (χ4n) is 2.32. The molecule has 0 radical (unpaired) electrons. The maximum Gasteiger partial charge on any atom is 0.336 e. The van der Waals surface area contributed by atoms with Gasteiger partial charge in [-0.25, -0.2) is 9.59 Å². The molecule has 1 aromatic heterocycles. The first-order chi connectivity index (χ1) is 11.8. The number of benzene rings is 1. The molecule has 1 atom stereocenters. The van der Waals surface area contributed by atoms with Gasteiger partial charge in [-0.1, -0.05) is 6.92 Å². The first kappa shape index (κ1) is 18.5. The zero-order valence-electron chi connectivity index (χ0n) is 14.8. The van der Waals surface area contributed by atoms with Gasteiger partial charge in [-0.2, -0.15) is 0 Å². The highest BCUT2D eigenvalue weighted by Crippen LogP contribution is 2.27. The van der Waals surface area contributed by atoms with E-state index in [2.05, 4.69) is 10.6 Å². The SMILES string of the molecule is CC[C@H](C)NC(=O)NC(=O)COc1ccc2c(C)cc(=O)oc2c1C. The number of rotatable bonds is 5. The lowest BCUT2D eigenvalue weighted by Gasteiger charge is -2.13. The lowest BCUT2D eigenvalue weighted by Crippen LogP contribution is -2.44. The van der Waals surface area contributed by atoms with E-state index in [4.69, 9.17) is 9.15 Å². The Hall–Kier alpha value is -2.83. The van der Waals surface area contributed by atoms with E-state index in [0.717, 1.165) is 17.4 Å². The lowest BCUT2D eigenvalue weighted by atomic mass is 10.1. The summed E-state index contributed by atoms with van der Waals surface area (Å²) in [4.78, 5) is 35.0. The number of hydrogen-bond donors (Lipinski definition) is 2. The van der Waals surface area contributed by atoms with Crippen LogP contribution in [-0.2, 0) is 4.79 Å². The first-order valence-electron chi connectivity index (χ1n) is 8.09. The van der Waals surface area contributed by atoms with Crippen molar-refractivity contribution < 1.29 is 18.7 Å². The van der Waals surface area contributed by atoms with Crippen molar-refractivity contribution in [2.24, 2.45) is 0 Å². The van der Waals surface area contributed by atoms with Crippen LogP contribution in [0, 0.1) is 13.8 Å². The van der Waals surface area contributed by atoms with Crippen molar-refractivity contribution in [1.82, 2.24) is 10.6 Å². The molecule has 7 nitrogen and oxygen atoms in total. The van der Waals surface area contributed by atoms with E-state index < -0.39 is 17.6 Å². The fraction of sp³-hybridized carbons (Fsp3) is 0.389. The molecule has 134 valence electrons. The summed E-state index contributed by atoms with van der Waals surface area (Å²) in [6, 6.07) is 4.31. The normalized spacial score (nSPS) is 11.8. The molecule has 2 rings (SSSR count). The summed E-state index contributed by atoms with van der Waals surface area (Å²) >= 11 is 0. The predicted molar refractivity (Wildman–Crippen MR) is 93.9 cm³/mol. The van der Waals surface area contributed by atoms with Gasteiger partial charge in [0.05, 0.1) is 0 Å². The van der Waals surface area contributed by atoms with Crippen LogP contribution < -0.4 is 21.0 Å². The van der Waals surface area contributed by atoms with Crippen molar-refractivity contribution in [2.75, 3.05) is 6.61 Å². The Balaban J connectivity index is 2.06. The van der Waals surface area contributed by atoms with Crippen molar-refractivity contribution in [1.29, 1.82) is 0 Å². The van der Waals surface area contributed by atoms with Gasteiger partial charge < -0.3 is 14.5 Å². The summed E-state index contributed by atoms with van der Waals surface area (Å²) < 4.78 is 10.7. The Kier molecular flexibility index (Phi) is 5.80. The first-order valence-corrected chi connectivity index (χ1v) is 8.09. The fourth-order valence-corrected chi connectivity index (χ4v) is 2.32. The zero-order chi connectivity index (χ0) is 18.6. The van der Waals surface area contributed by atoms with Gasteiger partial charge in [0.2, 0.25) is 0 Å². The summed E-state index contributed by atoms with van der Waals surface area (Å²) in [6.45, 7) is 7.01. The van der Waals surface area contributed by atoms with E-state index >= 15 is 0 Å². The maximum absolute atomic E-state index is 11.8. The second kappa shape index (κ2) is 7.83. The van der Waals surface area contributed by atoms with E-state index in [0.29, 0.717) is 16.9 Å². The average molecular weight is 346 g/mol. The van der Waals surface area contributed by atoms with Gasteiger partial charge in [0.25, 0.3) is 5.91 Å². The van der Waals surface area contributed by atoms with E-state index in [-0.39, 0.29) is 12.6 Å². The highest BCUT2D eigenvalue weighted by Gasteiger charge is 2.13. The van der Waals surface area contributed by atoms with Crippen molar-refractivity contribution in [3.63, 3.8) is 0 Å². The summed E-state index contributed by atoms with van der Waals surface area (Å²) in [5.74, 6) is -0.148. The molecule has 0 fully saturated rings. The quantitative estimate of drug-likeness (QED) is 0.810. The molecule has 7 heteroatoms. The molecule has 0 bridgehead atoms. The highest BCUT2D eigenvalue weighted by molar-refractivity contribution is 5.95. The van der Waals surface area contributed by atoms with E-state index in [1.54, 1.807) is 19.1 Å². The standard InChI is InChI=1S/C18H22N2O5/c1-5-11(3)19-18(23)20-15(21)9-24-14-7-6-13-10(2)8-16(22)25-17(13)12(14)4/h6-8,11H,5,9H2,1-4H3,(H2,19,20,21,23)/t11-/m0/s1. The Morgan fingerprint density at radius 2 is 2.00 bits per heavy atom. The minimum Gasteiger partial charge on any atom is -0.483 e. The van der Waals surface area contributed by atoms with Crippen LogP contribution in [0.5, 0.6) is 5.75 Å². The van der Waals surface area contributed by atoms with Crippen molar-refractivity contribution >= 4 is 22.9 Å². The number of carbonyl (C=O) groups excluding carboxylic acids is 2. The molecule has 1 aromatic carbocycles. The highest BCUT2D eigenvalue weighted by atomic mass is 16.5. The molecule has 2 aromatic rings. The monoisotopic (exact) mass is 346 g/mol.